The molecule has 3 aromatic rings. The van der Waals surface area contributed by atoms with Crippen LogP contribution < -0.4 is 5.76 Å². The molecule has 2 aromatic heterocycles. The SMILES string of the molecule is O=C(c1ccc2[nH]c(=O)oc2c1)c1ccc(Br)s1. The predicted molar refractivity (Wildman–Crippen MR) is 72.3 cm³/mol. The number of thiophene rings is 1. The van der Waals surface area contributed by atoms with Crippen LogP contribution in [-0.2, 0) is 0 Å². The zero-order chi connectivity index (χ0) is 12.7. The van der Waals surface area contributed by atoms with E-state index in [1.54, 1.807) is 24.3 Å². The number of halogens is 1. The lowest BCUT2D eigenvalue weighted by Gasteiger charge is -1.97. The van der Waals surface area contributed by atoms with Crippen LogP contribution in [0.3, 0.4) is 0 Å². The third kappa shape index (κ3) is 1.93. The molecule has 0 amide bonds. The molecular formula is C12H6BrNO3S. The number of benzene rings is 1. The molecule has 2 heterocycles. The van der Waals surface area contributed by atoms with Crippen molar-refractivity contribution in [3.05, 3.63) is 55.1 Å². The zero-order valence-corrected chi connectivity index (χ0v) is 11.3. The summed E-state index contributed by atoms with van der Waals surface area (Å²) in [6, 6.07) is 8.49. The van der Waals surface area contributed by atoms with Gasteiger partial charge in [-0.3, -0.25) is 9.78 Å². The van der Waals surface area contributed by atoms with Gasteiger partial charge in [0, 0.05) is 5.56 Å². The van der Waals surface area contributed by atoms with Crippen molar-refractivity contribution < 1.29 is 9.21 Å². The third-order valence-corrected chi connectivity index (χ3v) is 4.10. The smallest absolute Gasteiger partial charge is 0.408 e. The summed E-state index contributed by atoms with van der Waals surface area (Å²) in [5, 5.41) is 0. The largest absolute Gasteiger partial charge is 0.417 e. The van der Waals surface area contributed by atoms with Gasteiger partial charge in [-0.05, 0) is 46.3 Å². The lowest BCUT2D eigenvalue weighted by molar-refractivity contribution is 0.104. The van der Waals surface area contributed by atoms with E-state index in [1.807, 2.05) is 6.07 Å². The average molecular weight is 324 g/mol. The van der Waals surface area contributed by atoms with E-state index in [-0.39, 0.29) is 5.78 Å². The van der Waals surface area contributed by atoms with Gasteiger partial charge in [-0.1, -0.05) is 0 Å². The van der Waals surface area contributed by atoms with Crippen LogP contribution in [0.2, 0.25) is 0 Å². The fraction of sp³-hybridized carbons (Fsp3) is 0. The van der Waals surface area contributed by atoms with Crippen LogP contribution in [-0.4, -0.2) is 10.8 Å². The number of H-pyrrole nitrogens is 1. The summed E-state index contributed by atoms with van der Waals surface area (Å²) in [5.41, 5.74) is 1.48. The standard InChI is InChI=1S/C12H6BrNO3S/c13-10-4-3-9(18-10)11(15)6-1-2-7-8(5-6)17-12(16)14-7/h1-5H,(H,14,16). The van der Waals surface area contributed by atoms with E-state index in [0.717, 1.165) is 3.79 Å². The second-order valence-corrected chi connectivity index (χ2v) is 6.12. The Hall–Kier alpha value is -1.66. The van der Waals surface area contributed by atoms with Crippen molar-refractivity contribution in [3.63, 3.8) is 0 Å². The molecule has 1 N–H and O–H groups in total. The molecule has 0 aliphatic carbocycles. The lowest BCUT2D eigenvalue weighted by atomic mass is 10.1. The fourth-order valence-electron chi connectivity index (χ4n) is 1.67. The van der Waals surface area contributed by atoms with Gasteiger partial charge in [-0.15, -0.1) is 11.3 Å². The molecule has 90 valence electrons. The Balaban J connectivity index is 2.08. The van der Waals surface area contributed by atoms with Gasteiger partial charge in [0.1, 0.15) is 0 Å². The summed E-state index contributed by atoms with van der Waals surface area (Å²) in [6.07, 6.45) is 0. The van der Waals surface area contributed by atoms with Crippen molar-refractivity contribution in [2.75, 3.05) is 0 Å². The summed E-state index contributed by atoms with van der Waals surface area (Å²) < 4.78 is 5.83. The number of aromatic nitrogens is 1. The summed E-state index contributed by atoms with van der Waals surface area (Å²) in [6.45, 7) is 0. The number of rotatable bonds is 2. The number of carbonyl (C=O) groups is 1. The first kappa shape index (κ1) is 11.4. The van der Waals surface area contributed by atoms with Gasteiger partial charge in [-0.2, -0.15) is 0 Å². The van der Waals surface area contributed by atoms with Gasteiger partial charge >= 0.3 is 5.76 Å². The topological polar surface area (TPSA) is 63.1 Å². The second-order valence-electron chi connectivity index (χ2n) is 3.66. The van der Waals surface area contributed by atoms with Crippen molar-refractivity contribution in [1.82, 2.24) is 4.98 Å². The average Bonchev–Trinajstić information content (AvgIpc) is 2.92. The van der Waals surface area contributed by atoms with Crippen LogP contribution in [0, 0.1) is 0 Å². The molecule has 0 aliphatic rings. The van der Waals surface area contributed by atoms with E-state index in [1.165, 1.54) is 11.3 Å². The van der Waals surface area contributed by atoms with Crippen molar-refractivity contribution in [2.24, 2.45) is 0 Å². The van der Waals surface area contributed by atoms with E-state index in [4.69, 9.17) is 4.42 Å². The van der Waals surface area contributed by atoms with Gasteiger partial charge in [0.05, 0.1) is 14.2 Å². The minimum Gasteiger partial charge on any atom is -0.408 e. The summed E-state index contributed by atoms with van der Waals surface area (Å²) in [7, 11) is 0. The number of ketones is 1. The Morgan fingerprint density at radius 2 is 2.11 bits per heavy atom. The number of carbonyl (C=O) groups excluding carboxylic acids is 1. The predicted octanol–water partition coefficient (Wildman–Crippen LogP) is 3.18. The number of oxazole rings is 1. The van der Waals surface area contributed by atoms with Gasteiger partial charge in [-0.25, -0.2) is 4.79 Å². The summed E-state index contributed by atoms with van der Waals surface area (Å²) >= 11 is 4.69. The molecule has 0 fully saturated rings. The number of hydrogen-bond donors (Lipinski definition) is 1. The van der Waals surface area contributed by atoms with Crippen LogP contribution in [0.25, 0.3) is 11.1 Å². The van der Waals surface area contributed by atoms with E-state index >= 15 is 0 Å². The number of aromatic amines is 1. The van der Waals surface area contributed by atoms with Crippen LogP contribution >= 0.6 is 27.3 Å². The van der Waals surface area contributed by atoms with Crippen molar-refractivity contribution in [1.29, 1.82) is 0 Å². The molecule has 0 unspecified atom stereocenters. The highest BCUT2D eigenvalue weighted by Gasteiger charge is 2.13. The van der Waals surface area contributed by atoms with Crippen LogP contribution in [0.15, 0.2) is 43.3 Å². The molecule has 0 bridgehead atoms. The van der Waals surface area contributed by atoms with Crippen LogP contribution in [0.1, 0.15) is 15.2 Å². The highest BCUT2D eigenvalue weighted by atomic mass is 79.9. The molecule has 0 atom stereocenters. The highest BCUT2D eigenvalue weighted by Crippen LogP contribution is 2.25. The molecule has 4 nitrogen and oxygen atoms in total. The Kier molecular flexibility index (Phi) is 2.68. The van der Waals surface area contributed by atoms with Gasteiger partial charge < -0.3 is 4.42 Å². The van der Waals surface area contributed by atoms with Crippen LogP contribution in [0.4, 0.5) is 0 Å². The first-order valence-corrected chi connectivity index (χ1v) is 6.67. The van der Waals surface area contributed by atoms with Gasteiger partial charge in [0.25, 0.3) is 0 Å². The van der Waals surface area contributed by atoms with Gasteiger partial charge in [0.2, 0.25) is 5.78 Å². The summed E-state index contributed by atoms with van der Waals surface area (Å²) in [4.78, 5) is 26.4. The minimum absolute atomic E-state index is 0.0866. The summed E-state index contributed by atoms with van der Waals surface area (Å²) in [5.74, 6) is -0.607. The maximum absolute atomic E-state index is 12.2. The first-order chi connectivity index (χ1) is 8.63. The Morgan fingerprint density at radius 3 is 2.83 bits per heavy atom. The van der Waals surface area contributed by atoms with E-state index < -0.39 is 5.76 Å². The number of fused-ring (bicyclic) bond motifs is 1. The van der Waals surface area contributed by atoms with Gasteiger partial charge in [0.15, 0.2) is 5.58 Å². The molecule has 0 spiro atoms. The van der Waals surface area contributed by atoms with E-state index in [9.17, 15) is 9.59 Å². The monoisotopic (exact) mass is 323 g/mol. The van der Waals surface area contributed by atoms with Crippen molar-refractivity contribution >= 4 is 44.1 Å². The maximum atomic E-state index is 12.2. The fourth-order valence-corrected chi connectivity index (χ4v) is 3.01. The zero-order valence-electron chi connectivity index (χ0n) is 8.90. The first-order valence-electron chi connectivity index (χ1n) is 5.06. The number of nitrogens with one attached hydrogen (secondary N) is 1. The molecule has 18 heavy (non-hydrogen) atoms. The molecule has 3 rings (SSSR count). The van der Waals surface area contributed by atoms with E-state index in [2.05, 4.69) is 20.9 Å². The minimum atomic E-state index is -0.520. The Bertz CT molecular complexity index is 799. The molecule has 0 saturated carbocycles. The molecule has 0 radical (unpaired) electrons. The quantitative estimate of drug-likeness (QED) is 0.737. The molecule has 0 aliphatic heterocycles. The molecule has 1 aromatic carbocycles. The highest BCUT2D eigenvalue weighted by molar-refractivity contribution is 9.11. The molecule has 6 heteroatoms. The van der Waals surface area contributed by atoms with Crippen molar-refractivity contribution in [3.8, 4) is 0 Å². The second kappa shape index (κ2) is 4.22. The Labute approximate surface area is 113 Å². The molecule has 0 saturated heterocycles. The van der Waals surface area contributed by atoms with Crippen molar-refractivity contribution in [2.45, 2.75) is 0 Å². The molecular weight excluding hydrogens is 318 g/mol. The van der Waals surface area contributed by atoms with E-state index in [0.29, 0.717) is 21.5 Å². The normalized spacial score (nSPS) is 10.9. The number of hydrogen-bond acceptors (Lipinski definition) is 4. The third-order valence-electron chi connectivity index (χ3n) is 2.48. The Morgan fingerprint density at radius 1 is 1.28 bits per heavy atom. The lowest BCUT2D eigenvalue weighted by Crippen LogP contribution is -1.97. The van der Waals surface area contributed by atoms with Crippen LogP contribution in [0.5, 0.6) is 0 Å². The maximum Gasteiger partial charge on any atom is 0.417 e.